The first-order valence-corrected chi connectivity index (χ1v) is 9.59. The van der Waals surface area contributed by atoms with E-state index in [2.05, 4.69) is 15.8 Å². The lowest BCUT2D eigenvalue weighted by Gasteiger charge is -2.05. The Bertz CT molecular complexity index is 1220. The molecule has 33 heavy (non-hydrogen) atoms. The van der Waals surface area contributed by atoms with E-state index in [4.69, 9.17) is 4.74 Å². The van der Waals surface area contributed by atoms with E-state index < -0.39 is 22.7 Å². The second-order valence-corrected chi connectivity index (χ2v) is 6.79. The van der Waals surface area contributed by atoms with Gasteiger partial charge < -0.3 is 10.1 Å². The quantitative estimate of drug-likeness (QED) is 0.149. The Labute approximate surface area is 188 Å². The van der Waals surface area contributed by atoms with Gasteiger partial charge in [-0.2, -0.15) is 5.10 Å². The number of rotatable bonds is 6. The lowest BCUT2D eigenvalue weighted by atomic mass is 10.2. The minimum absolute atomic E-state index is 0.139. The van der Waals surface area contributed by atoms with Gasteiger partial charge in [-0.15, -0.1) is 0 Å². The molecule has 0 saturated heterocycles. The third-order valence-electron chi connectivity index (χ3n) is 4.28. The highest BCUT2D eigenvalue weighted by molar-refractivity contribution is 6.39. The van der Waals surface area contributed by atoms with Gasteiger partial charge in [0, 0.05) is 17.8 Å². The first-order valence-electron chi connectivity index (χ1n) is 9.59. The summed E-state index contributed by atoms with van der Waals surface area (Å²) in [5.74, 6) is -2.32. The van der Waals surface area contributed by atoms with Gasteiger partial charge >= 0.3 is 17.8 Å². The van der Waals surface area contributed by atoms with Crippen LogP contribution in [0, 0.1) is 17.0 Å². The van der Waals surface area contributed by atoms with Crippen LogP contribution in [0.5, 0.6) is 5.75 Å². The summed E-state index contributed by atoms with van der Waals surface area (Å²) in [5.41, 5.74) is 4.11. The number of carbonyl (C=O) groups is 3. The Morgan fingerprint density at radius 1 is 0.970 bits per heavy atom. The fraction of sp³-hybridized carbons (Fsp3) is 0.0435. The van der Waals surface area contributed by atoms with E-state index in [0.717, 1.165) is 5.56 Å². The number of amides is 2. The summed E-state index contributed by atoms with van der Waals surface area (Å²) < 4.78 is 5.26. The van der Waals surface area contributed by atoms with Crippen molar-refractivity contribution in [3.8, 4) is 5.75 Å². The summed E-state index contributed by atoms with van der Waals surface area (Å²) >= 11 is 0. The molecule has 0 fully saturated rings. The molecule has 0 spiro atoms. The average Bonchev–Trinajstić information content (AvgIpc) is 2.80. The summed E-state index contributed by atoms with van der Waals surface area (Å²) in [6.07, 6.45) is 1.28. The number of nitro benzene ring substituents is 1. The number of aryl methyl sites for hydroxylation is 1. The molecule has 166 valence electrons. The average molecular weight is 446 g/mol. The molecule has 0 aromatic heterocycles. The first kappa shape index (κ1) is 22.8. The third-order valence-corrected chi connectivity index (χ3v) is 4.28. The van der Waals surface area contributed by atoms with Crippen molar-refractivity contribution in [1.29, 1.82) is 0 Å². The molecule has 0 heterocycles. The zero-order valence-electron chi connectivity index (χ0n) is 17.3. The maximum atomic E-state index is 12.2. The number of hydrazone groups is 1. The molecule has 10 heteroatoms. The molecule has 0 bridgehead atoms. The molecule has 0 aliphatic heterocycles. The molecular formula is C23H18N4O6. The van der Waals surface area contributed by atoms with Crippen LogP contribution in [0.2, 0.25) is 0 Å². The van der Waals surface area contributed by atoms with Crippen LogP contribution in [-0.4, -0.2) is 28.9 Å². The van der Waals surface area contributed by atoms with Crippen molar-refractivity contribution in [1.82, 2.24) is 5.43 Å². The van der Waals surface area contributed by atoms with Crippen molar-refractivity contribution in [2.45, 2.75) is 6.92 Å². The number of nitrogens with one attached hydrogen (secondary N) is 2. The first-order chi connectivity index (χ1) is 15.8. The molecule has 0 radical (unpaired) electrons. The van der Waals surface area contributed by atoms with Crippen LogP contribution in [0.4, 0.5) is 11.4 Å². The normalized spacial score (nSPS) is 10.5. The van der Waals surface area contributed by atoms with Crippen LogP contribution < -0.4 is 15.5 Å². The molecule has 3 aromatic rings. The predicted molar refractivity (Wildman–Crippen MR) is 120 cm³/mol. The van der Waals surface area contributed by atoms with Gasteiger partial charge in [0.1, 0.15) is 5.75 Å². The lowest BCUT2D eigenvalue weighted by Crippen LogP contribution is -2.32. The van der Waals surface area contributed by atoms with Crippen LogP contribution >= 0.6 is 0 Å². The topological polar surface area (TPSA) is 140 Å². The van der Waals surface area contributed by atoms with Crippen molar-refractivity contribution in [3.63, 3.8) is 0 Å². The van der Waals surface area contributed by atoms with Crippen LogP contribution in [0.25, 0.3) is 0 Å². The lowest BCUT2D eigenvalue weighted by molar-refractivity contribution is -0.384. The number of nitro groups is 1. The second-order valence-electron chi connectivity index (χ2n) is 6.79. The number of non-ortho nitro benzene ring substituents is 1. The number of benzene rings is 3. The van der Waals surface area contributed by atoms with Crippen LogP contribution in [0.3, 0.4) is 0 Å². The Morgan fingerprint density at radius 3 is 2.33 bits per heavy atom. The second kappa shape index (κ2) is 10.4. The van der Waals surface area contributed by atoms with E-state index in [1.807, 2.05) is 6.92 Å². The van der Waals surface area contributed by atoms with Gasteiger partial charge in [0.25, 0.3) is 5.69 Å². The van der Waals surface area contributed by atoms with Crippen molar-refractivity contribution in [3.05, 3.63) is 99.6 Å². The summed E-state index contributed by atoms with van der Waals surface area (Å²) in [4.78, 5) is 46.2. The van der Waals surface area contributed by atoms with Gasteiger partial charge in [-0.1, -0.05) is 29.8 Å². The van der Waals surface area contributed by atoms with Gasteiger partial charge in [-0.3, -0.25) is 19.7 Å². The van der Waals surface area contributed by atoms with Crippen LogP contribution in [0.15, 0.2) is 77.9 Å². The predicted octanol–water partition coefficient (Wildman–Crippen LogP) is 3.21. The highest BCUT2D eigenvalue weighted by atomic mass is 16.6. The third kappa shape index (κ3) is 6.56. The molecule has 0 aliphatic carbocycles. The van der Waals surface area contributed by atoms with E-state index in [9.17, 15) is 24.5 Å². The zero-order valence-corrected chi connectivity index (χ0v) is 17.3. The monoisotopic (exact) mass is 446 g/mol. The number of anilines is 1. The van der Waals surface area contributed by atoms with Gasteiger partial charge in [-0.25, -0.2) is 10.2 Å². The fourth-order valence-electron chi connectivity index (χ4n) is 2.58. The highest BCUT2D eigenvalue weighted by Gasteiger charge is 2.13. The largest absolute Gasteiger partial charge is 0.423 e. The minimum atomic E-state index is -0.951. The standard InChI is InChI=1S/C23H18N4O6/c1-15-5-9-18(10-6-15)25-21(28)22(29)26-24-14-16-3-2-4-20(13-16)33-23(30)17-7-11-19(12-8-17)27(31)32/h2-14H,1H3,(H,25,28)(H,26,29)/b24-14+. The van der Waals surface area contributed by atoms with Crippen LogP contribution in [0.1, 0.15) is 21.5 Å². The van der Waals surface area contributed by atoms with Crippen molar-refractivity contribution in [2.75, 3.05) is 5.32 Å². The highest BCUT2D eigenvalue weighted by Crippen LogP contribution is 2.17. The van der Waals surface area contributed by atoms with Crippen molar-refractivity contribution in [2.24, 2.45) is 5.10 Å². The van der Waals surface area contributed by atoms with E-state index >= 15 is 0 Å². The van der Waals surface area contributed by atoms with Crippen LogP contribution in [-0.2, 0) is 9.59 Å². The molecule has 0 atom stereocenters. The van der Waals surface area contributed by atoms with Crippen molar-refractivity contribution >= 4 is 35.4 Å². The Kier molecular flexibility index (Phi) is 7.22. The number of ether oxygens (including phenoxy) is 1. The molecule has 3 aromatic carbocycles. The maximum absolute atomic E-state index is 12.2. The SMILES string of the molecule is Cc1ccc(NC(=O)C(=O)N/N=C/c2cccc(OC(=O)c3ccc([N+](=O)[O-])cc3)c2)cc1. The smallest absolute Gasteiger partial charge is 0.343 e. The van der Waals surface area contributed by atoms with E-state index in [1.165, 1.54) is 42.6 Å². The number of hydrogen-bond acceptors (Lipinski definition) is 7. The number of nitrogens with zero attached hydrogens (tertiary/aromatic N) is 2. The van der Waals surface area contributed by atoms with Gasteiger partial charge in [0.15, 0.2) is 0 Å². The number of carbonyl (C=O) groups excluding carboxylic acids is 3. The molecule has 0 aliphatic rings. The molecule has 10 nitrogen and oxygen atoms in total. The van der Waals surface area contributed by atoms with E-state index in [0.29, 0.717) is 11.3 Å². The summed E-state index contributed by atoms with van der Waals surface area (Å²) in [5, 5.41) is 16.9. The molecule has 2 N–H and O–H groups in total. The summed E-state index contributed by atoms with van der Waals surface area (Å²) in [6, 6.07) is 18.2. The summed E-state index contributed by atoms with van der Waals surface area (Å²) in [7, 11) is 0. The van der Waals surface area contributed by atoms with Gasteiger partial charge in [0.05, 0.1) is 16.7 Å². The van der Waals surface area contributed by atoms with Crippen molar-refractivity contribution < 1.29 is 24.0 Å². The Hall–Kier alpha value is -4.86. The molecule has 0 unspecified atom stereocenters. The maximum Gasteiger partial charge on any atom is 0.343 e. The molecule has 2 amide bonds. The summed E-state index contributed by atoms with van der Waals surface area (Å²) in [6.45, 7) is 1.90. The zero-order chi connectivity index (χ0) is 23.8. The number of esters is 1. The van der Waals surface area contributed by atoms with E-state index in [-0.39, 0.29) is 17.0 Å². The Morgan fingerprint density at radius 2 is 1.67 bits per heavy atom. The fourth-order valence-corrected chi connectivity index (χ4v) is 2.58. The minimum Gasteiger partial charge on any atom is -0.423 e. The van der Waals surface area contributed by atoms with E-state index in [1.54, 1.807) is 36.4 Å². The van der Waals surface area contributed by atoms with Gasteiger partial charge in [-0.05, 0) is 48.9 Å². The molecular weight excluding hydrogens is 428 g/mol. The Balaban J connectivity index is 1.56. The molecule has 3 rings (SSSR count). The number of hydrogen-bond donors (Lipinski definition) is 2. The molecule has 0 saturated carbocycles. The van der Waals surface area contributed by atoms with Gasteiger partial charge in [0.2, 0.25) is 0 Å².